The molecule has 0 saturated carbocycles. The molecular formula is C14H13ClFN5. The molecule has 1 heterocycles. The smallest absolute Gasteiger partial charge is 0.209 e. The molecule has 1 unspecified atom stereocenters. The fourth-order valence-corrected chi connectivity index (χ4v) is 2.47. The van der Waals surface area contributed by atoms with Crippen LogP contribution in [0.25, 0.3) is 11.1 Å². The van der Waals surface area contributed by atoms with Gasteiger partial charge in [0.1, 0.15) is 5.82 Å². The molecule has 2 aromatic rings. The van der Waals surface area contributed by atoms with Crippen molar-refractivity contribution in [2.24, 2.45) is 16.5 Å². The van der Waals surface area contributed by atoms with Crippen molar-refractivity contribution in [1.29, 1.82) is 0 Å². The van der Waals surface area contributed by atoms with Crippen LogP contribution in [0.5, 0.6) is 0 Å². The minimum Gasteiger partial charge on any atom is -0.369 e. The van der Waals surface area contributed by atoms with E-state index in [1.165, 1.54) is 6.07 Å². The summed E-state index contributed by atoms with van der Waals surface area (Å²) in [6.45, 7) is 0. The van der Waals surface area contributed by atoms with Gasteiger partial charge < -0.3 is 5.73 Å². The molecule has 0 amide bonds. The third kappa shape index (κ3) is 2.44. The zero-order chi connectivity index (χ0) is 15.0. The number of hydrogen-bond donors (Lipinski definition) is 4. The Labute approximate surface area is 125 Å². The Hall–Kier alpha value is -2.15. The number of hydrazine groups is 1. The number of benzene rings is 2. The molecule has 3 rings (SSSR count). The van der Waals surface area contributed by atoms with E-state index in [-0.39, 0.29) is 11.8 Å². The van der Waals surface area contributed by atoms with Gasteiger partial charge in [-0.05, 0) is 12.1 Å². The lowest BCUT2D eigenvalue weighted by molar-refractivity contribution is 0.375. The molecule has 0 aromatic heterocycles. The van der Waals surface area contributed by atoms with Gasteiger partial charge in [-0.1, -0.05) is 41.9 Å². The maximum atomic E-state index is 13.8. The number of guanidine groups is 1. The molecule has 7 heteroatoms. The summed E-state index contributed by atoms with van der Waals surface area (Å²) in [5.74, 6) is -1.34. The van der Waals surface area contributed by atoms with Crippen LogP contribution in [-0.4, -0.2) is 5.96 Å². The standard InChI is InChI=1S/C14H13ClFN5/c15-11-7-8(14(18)19-13(17)20-21-14)5-6-9(11)10-3-1-2-4-12(10)16/h1-7,21H,18H2,(H3,17,19,20). The highest BCUT2D eigenvalue weighted by molar-refractivity contribution is 6.33. The highest BCUT2D eigenvalue weighted by atomic mass is 35.5. The normalized spacial score (nSPS) is 21.0. The lowest BCUT2D eigenvalue weighted by atomic mass is 10.0. The summed E-state index contributed by atoms with van der Waals surface area (Å²) in [5, 5.41) is 0.380. The summed E-state index contributed by atoms with van der Waals surface area (Å²) in [5.41, 5.74) is 18.7. The summed E-state index contributed by atoms with van der Waals surface area (Å²) in [6.07, 6.45) is 0. The van der Waals surface area contributed by atoms with Crippen molar-refractivity contribution in [2.75, 3.05) is 0 Å². The number of rotatable bonds is 2. The predicted octanol–water partition coefficient (Wildman–Crippen LogP) is 1.64. The first-order valence-corrected chi connectivity index (χ1v) is 6.60. The molecule has 0 aliphatic carbocycles. The first-order chi connectivity index (χ1) is 9.99. The Morgan fingerprint density at radius 1 is 1.14 bits per heavy atom. The zero-order valence-electron chi connectivity index (χ0n) is 10.9. The van der Waals surface area contributed by atoms with E-state index in [0.29, 0.717) is 21.7 Å². The van der Waals surface area contributed by atoms with Crippen LogP contribution in [0, 0.1) is 5.82 Å². The van der Waals surface area contributed by atoms with Crippen LogP contribution in [-0.2, 0) is 5.79 Å². The Balaban J connectivity index is 2.04. The van der Waals surface area contributed by atoms with Gasteiger partial charge >= 0.3 is 0 Å². The third-order valence-corrected chi connectivity index (χ3v) is 3.56. The molecule has 1 aliphatic rings. The molecule has 2 aromatic carbocycles. The van der Waals surface area contributed by atoms with Gasteiger partial charge in [0.2, 0.25) is 11.7 Å². The van der Waals surface area contributed by atoms with Crippen molar-refractivity contribution in [3.63, 3.8) is 0 Å². The largest absolute Gasteiger partial charge is 0.369 e. The number of halogens is 2. The molecule has 0 radical (unpaired) electrons. The summed E-state index contributed by atoms with van der Waals surface area (Å²) in [4.78, 5) is 4.07. The van der Waals surface area contributed by atoms with E-state index < -0.39 is 5.79 Å². The second-order valence-electron chi connectivity index (χ2n) is 4.69. The van der Waals surface area contributed by atoms with Gasteiger partial charge in [-0.25, -0.2) is 9.38 Å². The highest BCUT2D eigenvalue weighted by Gasteiger charge is 2.32. The lowest BCUT2D eigenvalue weighted by Gasteiger charge is -2.21. The van der Waals surface area contributed by atoms with E-state index in [2.05, 4.69) is 15.8 Å². The van der Waals surface area contributed by atoms with E-state index in [0.717, 1.165) is 0 Å². The molecule has 6 N–H and O–H groups in total. The molecule has 1 aliphatic heterocycles. The summed E-state index contributed by atoms with van der Waals surface area (Å²) in [6, 6.07) is 11.5. The maximum Gasteiger partial charge on any atom is 0.209 e. The summed E-state index contributed by atoms with van der Waals surface area (Å²) < 4.78 is 13.8. The van der Waals surface area contributed by atoms with Gasteiger partial charge in [-0.3, -0.25) is 11.2 Å². The lowest BCUT2D eigenvalue weighted by Crippen LogP contribution is -2.50. The van der Waals surface area contributed by atoms with Crippen molar-refractivity contribution in [3.8, 4) is 11.1 Å². The fourth-order valence-electron chi connectivity index (χ4n) is 2.19. The van der Waals surface area contributed by atoms with Crippen molar-refractivity contribution in [1.82, 2.24) is 10.9 Å². The summed E-state index contributed by atoms with van der Waals surface area (Å²) in [7, 11) is 0. The minimum atomic E-state index is -1.19. The zero-order valence-corrected chi connectivity index (χ0v) is 11.7. The molecule has 0 spiro atoms. The van der Waals surface area contributed by atoms with Crippen LogP contribution in [0.3, 0.4) is 0 Å². The number of nitrogens with one attached hydrogen (secondary N) is 2. The molecular weight excluding hydrogens is 293 g/mol. The molecule has 108 valence electrons. The molecule has 0 saturated heterocycles. The Kier molecular flexibility index (Phi) is 3.29. The number of hydrogen-bond acceptors (Lipinski definition) is 5. The quantitative estimate of drug-likeness (QED) is 0.679. The van der Waals surface area contributed by atoms with Crippen molar-refractivity contribution in [2.45, 2.75) is 5.79 Å². The number of aliphatic imine (C=N–C) groups is 1. The highest BCUT2D eigenvalue weighted by Crippen LogP contribution is 2.32. The van der Waals surface area contributed by atoms with Crippen molar-refractivity contribution in [3.05, 3.63) is 58.9 Å². The predicted molar refractivity (Wildman–Crippen MR) is 80.6 cm³/mol. The van der Waals surface area contributed by atoms with Crippen LogP contribution < -0.4 is 22.3 Å². The Morgan fingerprint density at radius 3 is 2.52 bits per heavy atom. The van der Waals surface area contributed by atoms with Gasteiger partial charge in [-0.15, -0.1) is 0 Å². The van der Waals surface area contributed by atoms with Crippen LogP contribution >= 0.6 is 11.6 Å². The maximum absolute atomic E-state index is 13.8. The summed E-state index contributed by atoms with van der Waals surface area (Å²) >= 11 is 6.26. The SMILES string of the molecule is NC1=NC(N)(c2ccc(-c3ccccc3F)c(Cl)c2)NN1. The van der Waals surface area contributed by atoms with Gasteiger partial charge in [0.05, 0.1) is 0 Å². The topological polar surface area (TPSA) is 88.5 Å². The van der Waals surface area contributed by atoms with E-state index >= 15 is 0 Å². The number of nitrogens with two attached hydrogens (primary N) is 2. The average Bonchev–Trinajstić information content (AvgIpc) is 2.81. The molecule has 5 nitrogen and oxygen atoms in total. The van der Waals surface area contributed by atoms with E-state index in [9.17, 15) is 4.39 Å². The fraction of sp³-hybridized carbons (Fsp3) is 0.0714. The van der Waals surface area contributed by atoms with Gasteiger partial charge in [0.25, 0.3) is 0 Å². The Bertz CT molecular complexity index is 733. The van der Waals surface area contributed by atoms with Crippen LogP contribution in [0.15, 0.2) is 47.5 Å². The minimum absolute atomic E-state index is 0.187. The second kappa shape index (κ2) is 5.00. The third-order valence-electron chi connectivity index (χ3n) is 3.25. The van der Waals surface area contributed by atoms with Crippen molar-refractivity contribution >= 4 is 17.6 Å². The first kappa shape index (κ1) is 13.8. The molecule has 1 atom stereocenters. The average molecular weight is 306 g/mol. The monoisotopic (exact) mass is 305 g/mol. The van der Waals surface area contributed by atoms with E-state index in [1.54, 1.807) is 36.4 Å². The van der Waals surface area contributed by atoms with Gasteiger partial charge in [0.15, 0.2) is 0 Å². The number of nitrogens with zero attached hydrogens (tertiary/aromatic N) is 1. The Morgan fingerprint density at radius 2 is 1.90 bits per heavy atom. The second-order valence-corrected chi connectivity index (χ2v) is 5.10. The first-order valence-electron chi connectivity index (χ1n) is 6.22. The van der Waals surface area contributed by atoms with Crippen LogP contribution in [0.4, 0.5) is 4.39 Å². The van der Waals surface area contributed by atoms with E-state index in [1.807, 2.05) is 0 Å². The molecule has 0 fully saturated rings. The van der Waals surface area contributed by atoms with E-state index in [4.69, 9.17) is 23.1 Å². The molecule has 21 heavy (non-hydrogen) atoms. The van der Waals surface area contributed by atoms with Gasteiger partial charge in [-0.2, -0.15) is 5.43 Å². The van der Waals surface area contributed by atoms with Crippen molar-refractivity contribution < 1.29 is 4.39 Å². The van der Waals surface area contributed by atoms with Gasteiger partial charge in [0, 0.05) is 21.7 Å². The van der Waals surface area contributed by atoms with Crippen LogP contribution in [0.2, 0.25) is 5.02 Å². The molecule has 0 bridgehead atoms. The van der Waals surface area contributed by atoms with Crippen LogP contribution in [0.1, 0.15) is 5.56 Å².